The minimum Gasteiger partial charge on any atom is -0.452 e. The van der Waals surface area contributed by atoms with E-state index in [4.69, 9.17) is 9.26 Å². The topological polar surface area (TPSA) is 103 Å². The van der Waals surface area contributed by atoms with Crippen molar-refractivity contribution in [2.75, 3.05) is 7.05 Å². The molecule has 29 heavy (non-hydrogen) atoms. The molecule has 0 fully saturated rings. The van der Waals surface area contributed by atoms with Crippen molar-refractivity contribution >= 4 is 16.0 Å². The lowest BCUT2D eigenvalue weighted by Crippen LogP contribution is -2.33. The molecule has 0 aliphatic carbocycles. The molecule has 0 aliphatic rings. The van der Waals surface area contributed by atoms with Gasteiger partial charge < -0.3 is 9.26 Å². The van der Waals surface area contributed by atoms with E-state index in [1.54, 1.807) is 13.8 Å². The monoisotopic (exact) mass is 415 g/mol. The SMILES string of the molecule is CC(C)N(C)S(=O)(=O)c1cccc(C(=O)OCc2nc(-c3ccccc3)no2)c1. The van der Waals surface area contributed by atoms with Crippen molar-refractivity contribution in [3.05, 3.63) is 66.1 Å². The minimum absolute atomic E-state index is 0.0207. The maximum Gasteiger partial charge on any atom is 0.338 e. The van der Waals surface area contributed by atoms with Crippen molar-refractivity contribution in [1.82, 2.24) is 14.4 Å². The maximum atomic E-state index is 12.6. The number of ether oxygens (including phenoxy) is 1. The van der Waals surface area contributed by atoms with Crippen LogP contribution in [0.1, 0.15) is 30.1 Å². The van der Waals surface area contributed by atoms with Crippen molar-refractivity contribution in [3.63, 3.8) is 0 Å². The molecule has 0 amide bonds. The van der Waals surface area contributed by atoms with Gasteiger partial charge >= 0.3 is 5.97 Å². The molecule has 8 nitrogen and oxygen atoms in total. The standard InChI is InChI=1S/C20H21N3O5S/c1-14(2)23(3)29(25,26)17-11-7-10-16(12-17)20(24)27-13-18-21-19(22-28-18)15-8-5-4-6-9-15/h4-12,14H,13H2,1-3H3. The fourth-order valence-electron chi connectivity index (χ4n) is 2.46. The Morgan fingerprint density at radius 2 is 1.86 bits per heavy atom. The number of sulfonamides is 1. The van der Waals surface area contributed by atoms with Crippen LogP contribution in [0.5, 0.6) is 0 Å². The van der Waals surface area contributed by atoms with Crippen LogP contribution in [0.25, 0.3) is 11.4 Å². The molecule has 0 saturated heterocycles. The zero-order chi connectivity index (χ0) is 21.0. The zero-order valence-electron chi connectivity index (χ0n) is 16.3. The highest BCUT2D eigenvalue weighted by Gasteiger charge is 2.24. The third-order valence-corrected chi connectivity index (χ3v) is 6.33. The normalized spacial score (nSPS) is 11.8. The number of carbonyl (C=O) groups is 1. The van der Waals surface area contributed by atoms with Crippen LogP contribution in [0.3, 0.4) is 0 Å². The number of rotatable bonds is 7. The number of nitrogens with zero attached hydrogens (tertiary/aromatic N) is 3. The molecule has 3 aromatic rings. The van der Waals surface area contributed by atoms with Gasteiger partial charge in [-0.3, -0.25) is 0 Å². The molecular weight excluding hydrogens is 394 g/mol. The van der Waals surface area contributed by atoms with Crippen LogP contribution < -0.4 is 0 Å². The Balaban J connectivity index is 1.70. The molecule has 0 bridgehead atoms. The van der Waals surface area contributed by atoms with Gasteiger partial charge in [-0.1, -0.05) is 41.6 Å². The summed E-state index contributed by atoms with van der Waals surface area (Å²) in [7, 11) is -2.21. The average molecular weight is 415 g/mol. The van der Waals surface area contributed by atoms with Gasteiger partial charge in [-0.2, -0.15) is 9.29 Å². The summed E-state index contributed by atoms with van der Waals surface area (Å²) in [5, 5.41) is 3.86. The highest BCUT2D eigenvalue weighted by Crippen LogP contribution is 2.19. The third kappa shape index (κ3) is 4.69. The van der Waals surface area contributed by atoms with Crippen LogP contribution in [0.4, 0.5) is 0 Å². The van der Waals surface area contributed by atoms with Crippen LogP contribution >= 0.6 is 0 Å². The first-order valence-corrected chi connectivity index (χ1v) is 10.4. The average Bonchev–Trinajstić information content (AvgIpc) is 3.21. The Labute approximate surface area is 169 Å². The highest BCUT2D eigenvalue weighted by atomic mass is 32.2. The number of carbonyl (C=O) groups excluding carboxylic acids is 1. The first-order chi connectivity index (χ1) is 13.8. The fraction of sp³-hybridized carbons (Fsp3) is 0.250. The van der Waals surface area contributed by atoms with Gasteiger partial charge in [0.15, 0.2) is 6.61 Å². The van der Waals surface area contributed by atoms with Gasteiger partial charge in [0.05, 0.1) is 10.5 Å². The molecule has 1 aromatic heterocycles. The first-order valence-electron chi connectivity index (χ1n) is 8.92. The second kappa shape index (κ2) is 8.54. The summed E-state index contributed by atoms with van der Waals surface area (Å²) in [5.74, 6) is -0.157. The zero-order valence-corrected chi connectivity index (χ0v) is 17.1. The summed E-state index contributed by atoms with van der Waals surface area (Å²) < 4.78 is 36.7. The molecule has 0 atom stereocenters. The molecule has 0 unspecified atom stereocenters. The van der Waals surface area contributed by atoms with Crippen LogP contribution in [-0.2, 0) is 21.4 Å². The lowest BCUT2D eigenvalue weighted by atomic mass is 10.2. The molecule has 2 aromatic carbocycles. The molecule has 0 aliphatic heterocycles. The molecular formula is C20H21N3O5S. The molecule has 0 radical (unpaired) electrons. The molecule has 3 rings (SSSR count). The summed E-state index contributed by atoms with van der Waals surface area (Å²) in [5.41, 5.74) is 0.895. The Kier molecular flexibility index (Phi) is 6.09. The van der Waals surface area contributed by atoms with E-state index in [1.807, 2.05) is 30.3 Å². The summed E-state index contributed by atoms with van der Waals surface area (Å²) in [6.45, 7) is 3.31. The molecule has 9 heteroatoms. The van der Waals surface area contributed by atoms with Gasteiger partial charge in [-0.25, -0.2) is 13.2 Å². The molecule has 0 N–H and O–H groups in total. The second-order valence-electron chi connectivity index (χ2n) is 6.60. The summed E-state index contributed by atoms with van der Waals surface area (Å²) in [6, 6.07) is 14.7. The van der Waals surface area contributed by atoms with E-state index in [-0.39, 0.29) is 29.0 Å². The quantitative estimate of drug-likeness (QED) is 0.546. The number of aromatic nitrogens is 2. The number of benzene rings is 2. The Bertz CT molecular complexity index is 1090. The van der Waals surface area contributed by atoms with E-state index < -0.39 is 16.0 Å². The van der Waals surface area contributed by atoms with Crippen molar-refractivity contribution in [3.8, 4) is 11.4 Å². The van der Waals surface area contributed by atoms with Gasteiger partial charge in [0.2, 0.25) is 15.8 Å². The largest absolute Gasteiger partial charge is 0.452 e. The van der Waals surface area contributed by atoms with Crippen molar-refractivity contribution in [2.24, 2.45) is 0 Å². The summed E-state index contributed by atoms with van der Waals surface area (Å²) in [4.78, 5) is 16.6. The van der Waals surface area contributed by atoms with Crippen LogP contribution in [-0.4, -0.2) is 41.9 Å². The number of esters is 1. The maximum absolute atomic E-state index is 12.6. The molecule has 0 spiro atoms. The van der Waals surface area contributed by atoms with Crippen molar-refractivity contribution in [2.45, 2.75) is 31.4 Å². The lowest BCUT2D eigenvalue weighted by molar-refractivity contribution is 0.0429. The van der Waals surface area contributed by atoms with Crippen molar-refractivity contribution in [1.29, 1.82) is 0 Å². The van der Waals surface area contributed by atoms with E-state index in [1.165, 1.54) is 35.6 Å². The van der Waals surface area contributed by atoms with E-state index in [9.17, 15) is 13.2 Å². The summed E-state index contributed by atoms with van der Waals surface area (Å²) >= 11 is 0. The van der Waals surface area contributed by atoms with Gasteiger partial charge in [-0.05, 0) is 32.0 Å². The highest BCUT2D eigenvalue weighted by molar-refractivity contribution is 7.89. The molecule has 152 valence electrons. The predicted molar refractivity (Wildman–Crippen MR) is 105 cm³/mol. The van der Waals surface area contributed by atoms with E-state index in [0.29, 0.717) is 5.82 Å². The van der Waals surface area contributed by atoms with Crippen LogP contribution in [0, 0.1) is 0 Å². The Hall–Kier alpha value is -3.04. The van der Waals surface area contributed by atoms with E-state index in [2.05, 4.69) is 10.1 Å². The van der Waals surface area contributed by atoms with Gasteiger partial charge in [0, 0.05) is 18.7 Å². The van der Waals surface area contributed by atoms with Crippen LogP contribution in [0.15, 0.2) is 64.0 Å². The third-order valence-electron chi connectivity index (χ3n) is 4.30. The number of hydrogen-bond donors (Lipinski definition) is 0. The van der Waals surface area contributed by atoms with Gasteiger partial charge in [-0.15, -0.1) is 0 Å². The lowest BCUT2D eigenvalue weighted by Gasteiger charge is -2.21. The Morgan fingerprint density at radius 1 is 1.14 bits per heavy atom. The molecule has 1 heterocycles. The molecule has 0 saturated carbocycles. The first kappa shape index (κ1) is 20.7. The van der Waals surface area contributed by atoms with Gasteiger partial charge in [0.25, 0.3) is 5.89 Å². The predicted octanol–water partition coefficient (Wildman–Crippen LogP) is 3.12. The minimum atomic E-state index is -3.70. The van der Waals surface area contributed by atoms with Gasteiger partial charge in [0.1, 0.15) is 0 Å². The van der Waals surface area contributed by atoms with Crippen molar-refractivity contribution < 1.29 is 22.5 Å². The van der Waals surface area contributed by atoms with Crippen LogP contribution in [0.2, 0.25) is 0 Å². The van der Waals surface area contributed by atoms with E-state index >= 15 is 0 Å². The Morgan fingerprint density at radius 3 is 2.55 bits per heavy atom. The van der Waals surface area contributed by atoms with E-state index in [0.717, 1.165) is 5.56 Å². The number of hydrogen-bond acceptors (Lipinski definition) is 7. The second-order valence-corrected chi connectivity index (χ2v) is 8.59. The smallest absolute Gasteiger partial charge is 0.338 e. The summed E-state index contributed by atoms with van der Waals surface area (Å²) in [6.07, 6.45) is 0. The fourth-order valence-corrected chi connectivity index (χ4v) is 3.87.